The molecule has 1 fully saturated rings. The molecule has 0 bridgehead atoms. The molecule has 1 atom stereocenters. The summed E-state index contributed by atoms with van der Waals surface area (Å²) in [7, 11) is 0. The lowest BCUT2D eigenvalue weighted by Gasteiger charge is -2.19. The molecule has 1 aliphatic heterocycles. The van der Waals surface area contributed by atoms with Gasteiger partial charge >= 0.3 is 0 Å². The Labute approximate surface area is 95.5 Å². The van der Waals surface area contributed by atoms with Crippen LogP contribution in [0.5, 0.6) is 11.5 Å². The molecule has 3 nitrogen and oxygen atoms in total. The highest BCUT2D eigenvalue weighted by Gasteiger charge is 2.24. The van der Waals surface area contributed by atoms with Gasteiger partial charge in [0.25, 0.3) is 0 Å². The second-order valence-electron chi connectivity index (χ2n) is 4.68. The monoisotopic (exact) mass is 219 g/mol. The van der Waals surface area contributed by atoms with Crippen LogP contribution in [0.15, 0.2) is 18.2 Å². The van der Waals surface area contributed by atoms with Crippen molar-refractivity contribution in [3.05, 3.63) is 23.8 Å². The van der Waals surface area contributed by atoms with Crippen LogP contribution in [0, 0.1) is 5.92 Å². The zero-order valence-corrected chi connectivity index (χ0v) is 9.32. The summed E-state index contributed by atoms with van der Waals surface area (Å²) in [5, 5.41) is 0. The number of ether oxygens (including phenoxy) is 2. The minimum atomic E-state index is 0.150. The quantitative estimate of drug-likeness (QED) is 0.831. The van der Waals surface area contributed by atoms with Crippen LogP contribution < -0.4 is 15.2 Å². The molecule has 0 unspecified atom stereocenters. The SMILES string of the molecule is N[C@@H](c1ccc2c(c1)OCO2)C1CCCC1. The molecule has 0 saturated heterocycles. The number of benzene rings is 1. The third-order valence-electron chi connectivity index (χ3n) is 3.69. The van der Waals surface area contributed by atoms with E-state index >= 15 is 0 Å². The Bertz CT molecular complexity index is 386. The zero-order valence-electron chi connectivity index (χ0n) is 9.32. The highest BCUT2D eigenvalue weighted by Crippen LogP contribution is 2.38. The van der Waals surface area contributed by atoms with Gasteiger partial charge in [0, 0.05) is 6.04 Å². The molecule has 1 aromatic rings. The predicted octanol–water partition coefficient (Wildman–Crippen LogP) is 2.61. The zero-order chi connectivity index (χ0) is 11.0. The summed E-state index contributed by atoms with van der Waals surface area (Å²) >= 11 is 0. The molecular formula is C13H17NO2. The van der Waals surface area contributed by atoms with Gasteiger partial charge in [-0.05, 0) is 36.5 Å². The van der Waals surface area contributed by atoms with Crippen LogP contribution in [0.3, 0.4) is 0 Å². The summed E-state index contributed by atoms with van der Waals surface area (Å²) in [5.41, 5.74) is 7.47. The van der Waals surface area contributed by atoms with E-state index in [1.807, 2.05) is 12.1 Å². The topological polar surface area (TPSA) is 44.5 Å². The van der Waals surface area contributed by atoms with Gasteiger partial charge in [0.2, 0.25) is 6.79 Å². The van der Waals surface area contributed by atoms with Crippen LogP contribution in [0.1, 0.15) is 37.3 Å². The van der Waals surface area contributed by atoms with Crippen molar-refractivity contribution in [2.24, 2.45) is 11.7 Å². The van der Waals surface area contributed by atoms with Crippen LogP contribution in [0.2, 0.25) is 0 Å². The van der Waals surface area contributed by atoms with E-state index in [2.05, 4.69) is 6.07 Å². The lowest BCUT2D eigenvalue weighted by atomic mass is 9.92. The van der Waals surface area contributed by atoms with Crippen molar-refractivity contribution in [3.8, 4) is 11.5 Å². The molecule has 86 valence electrons. The molecule has 3 heteroatoms. The van der Waals surface area contributed by atoms with Crippen molar-refractivity contribution in [3.63, 3.8) is 0 Å². The predicted molar refractivity (Wildman–Crippen MR) is 61.5 cm³/mol. The summed E-state index contributed by atoms with van der Waals surface area (Å²) in [6.07, 6.45) is 5.16. The van der Waals surface area contributed by atoms with Crippen LogP contribution in [-0.2, 0) is 0 Å². The Morgan fingerprint density at radius 2 is 1.88 bits per heavy atom. The average molecular weight is 219 g/mol. The van der Waals surface area contributed by atoms with Gasteiger partial charge in [-0.15, -0.1) is 0 Å². The second kappa shape index (κ2) is 3.98. The molecule has 0 spiro atoms. The number of rotatable bonds is 2. The maximum atomic E-state index is 6.30. The Morgan fingerprint density at radius 1 is 1.12 bits per heavy atom. The third-order valence-corrected chi connectivity index (χ3v) is 3.69. The van der Waals surface area contributed by atoms with Crippen LogP contribution >= 0.6 is 0 Å². The van der Waals surface area contributed by atoms with Gasteiger partial charge in [-0.25, -0.2) is 0 Å². The summed E-state index contributed by atoms with van der Waals surface area (Å²) < 4.78 is 10.7. The summed E-state index contributed by atoms with van der Waals surface area (Å²) in [6.45, 7) is 0.331. The molecule has 1 heterocycles. The molecule has 1 aromatic carbocycles. The number of fused-ring (bicyclic) bond motifs is 1. The lowest BCUT2D eigenvalue weighted by Crippen LogP contribution is -2.18. The Balaban J connectivity index is 1.83. The molecule has 1 saturated carbocycles. The van der Waals surface area contributed by atoms with Gasteiger partial charge in [0.1, 0.15) is 0 Å². The van der Waals surface area contributed by atoms with E-state index < -0.39 is 0 Å². The van der Waals surface area contributed by atoms with E-state index in [9.17, 15) is 0 Å². The molecule has 2 aliphatic rings. The lowest BCUT2D eigenvalue weighted by molar-refractivity contribution is 0.174. The summed E-state index contributed by atoms with van der Waals surface area (Å²) in [5.74, 6) is 2.31. The van der Waals surface area contributed by atoms with E-state index in [1.165, 1.54) is 31.2 Å². The average Bonchev–Trinajstić information content (AvgIpc) is 2.98. The van der Waals surface area contributed by atoms with E-state index in [0.717, 1.165) is 11.5 Å². The van der Waals surface area contributed by atoms with Gasteiger partial charge < -0.3 is 15.2 Å². The van der Waals surface area contributed by atoms with Gasteiger partial charge in [-0.1, -0.05) is 18.9 Å². The first-order valence-electron chi connectivity index (χ1n) is 6.00. The Hall–Kier alpha value is -1.22. The van der Waals surface area contributed by atoms with Crippen molar-refractivity contribution >= 4 is 0 Å². The third kappa shape index (κ3) is 1.65. The fourth-order valence-electron chi connectivity index (χ4n) is 2.71. The molecule has 2 N–H and O–H groups in total. The largest absolute Gasteiger partial charge is 0.454 e. The van der Waals surface area contributed by atoms with Crippen molar-refractivity contribution in [1.82, 2.24) is 0 Å². The van der Waals surface area contributed by atoms with Crippen molar-refractivity contribution < 1.29 is 9.47 Å². The van der Waals surface area contributed by atoms with Gasteiger partial charge in [-0.3, -0.25) is 0 Å². The smallest absolute Gasteiger partial charge is 0.231 e. The first-order valence-corrected chi connectivity index (χ1v) is 6.00. The van der Waals surface area contributed by atoms with Crippen molar-refractivity contribution in [2.45, 2.75) is 31.7 Å². The molecule has 0 aromatic heterocycles. The summed E-state index contributed by atoms with van der Waals surface area (Å²) in [6, 6.07) is 6.21. The Kier molecular flexibility index (Phi) is 2.48. The molecule has 3 rings (SSSR count). The fourth-order valence-corrected chi connectivity index (χ4v) is 2.71. The minimum absolute atomic E-state index is 0.150. The molecule has 1 aliphatic carbocycles. The number of hydrogen-bond acceptors (Lipinski definition) is 3. The first-order chi connectivity index (χ1) is 7.84. The molecule has 0 radical (unpaired) electrons. The maximum absolute atomic E-state index is 6.30. The van der Waals surface area contributed by atoms with Gasteiger partial charge in [0.15, 0.2) is 11.5 Å². The highest BCUT2D eigenvalue weighted by molar-refractivity contribution is 5.45. The van der Waals surface area contributed by atoms with E-state index in [1.54, 1.807) is 0 Å². The second-order valence-corrected chi connectivity index (χ2v) is 4.68. The van der Waals surface area contributed by atoms with Crippen molar-refractivity contribution in [1.29, 1.82) is 0 Å². The normalized spacial score (nSPS) is 21.3. The molecule has 0 amide bonds. The van der Waals surface area contributed by atoms with E-state index in [4.69, 9.17) is 15.2 Å². The first kappa shape index (κ1) is 9.97. The number of hydrogen-bond donors (Lipinski definition) is 1. The fraction of sp³-hybridized carbons (Fsp3) is 0.538. The highest BCUT2D eigenvalue weighted by atomic mass is 16.7. The Morgan fingerprint density at radius 3 is 2.69 bits per heavy atom. The van der Waals surface area contributed by atoms with E-state index in [0.29, 0.717) is 12.7 Å². The molecule has 16 heavy (non-hydrogen) atoms. The van der Waals surface area contributed by atoms with Crippen LogP contribution in [-0.4, -0.2) is 6.79 Å². The van der Waals surface area contributed by atoms with Crippen LogP contribution in [0.4, 0.5) is 0 Å². The van der Waals surface area contributed by atoms with Gasteiger partial charge in [0.05, 0.1) is 0 Å². The van der Waals surface area contributed by atoms with E-state index in [-0.39, 0.29) is 6.04 Å². The standard InChI is InChI=1S/C13H17NO2/c14-13(9-3-1-2-4-9)10-5-6-11-12(7-10)16-8-15-11/h5-7,9,13H,1-4,8,14H2/t13-/m1/s1. The number of nitrogens with two attached hydrogens (primary N) is 1. The van der Waals surface area contributed by atoms with Crippen LogP contribution in [0.25, 0.3) is 0 Å². The summed E-state index contributed by atoms with van der Waals surface area (Å²) in [4.78, 5) is 0. The maximum Gasteiger partial charge on any atom is 0.231 e. The minimum Gasteiger partial charge on any atom is -0.454 e. The van der Waals surface area contributed by atoms with Crippen molar-refractivity contribution in [2.75, 3.05) is 6.79 Å². The molecular weight excluding hydrogens is 202 g/mol. The van der Waals surface area contributed by atoms with Gasteiger partial charge in [-0.2, -0.15) is 0 Å².